The molecule has 1 heterocycles. The number of piperidine rings is 1. The lowest BCUT2D eigenvalue weighted by atomic mass is 10.0. The molecule has 2 aromatic carbocycles. The molecule has 2 nitrogen and oxygen atoms in total. The molecule has 0 aromatic heterocycles. The highest BCUT2D eigenvalue weighted by Crippen LogP contribution is 2.14. The molecule has 1 saturated heterocycles. The van der Waals surface area contributed by atoms with Crippen LogP contribution in [0.5, 0.6) is 0 Å². The summed E-state index contributed by atoms with van der Waals surface area (Å²) in [5.74, 6) is 0. The number of benzene rings is 2. The molecule has 0 saturated carbocycles. The van der Waals surface area contributed by atoms with Crippen molar-refractivity contribution in [1.29, 1.82) is 0 Å². The summed E-state index contributed by atoms with van der Waals surface area (Å²) in [5.41, 5.74) is 2.77. The zero-order valence-corrected chi connectivity index (χ0v) is 14.3. The molecule has 0 radical (unpaired) electrons. The minimum atomic E-state index is 0.661. The summed E-state index contributed by atoms with van der Waals surface area (Å²) in [6, 6.07) is 19.6. The summed E-state index contributed by atoms with van der Waals surface area (Å²) < 4.78 is 0. The molecular formula is C20H25ClN2. The SMILES string of the molecule is Clc1ccc(CCNC2CCN(Cc3ccccc3)CC2)cc1. The van der Waals surface area contributed by atoms with Crippen LogP contribution >= 0.6 is 11.6 Å². The van der Waals surface area contributed by atoms with Crippen LogP contribution in [0, 0.1) is 0 Å². The molecule has 1 N–H and O–H groups in total. The Bertz CT molecular complexity index is 574. The van der Waals surface area contributed by atoms with Crippen molar-refractivity contribution in [1.82, 2.24) is 10.2 Å². The van der Waals surface area contributed by atoms with E-state index in [9.17, 15) is 0 Å². The third-order valence-electron chi connectivity index (χ3n) is 4.60. The Hall–Kier alpha value is -1.35. The van der Waals surface area contributed by atoms with Crippen molar-refractivity contribution < 1.29 is 0 Å². The van der Waals surface area contributed by atoms with Crippen molar-refractivity contribution in [3.8, 4) is 0 Å². The smallest absolute Gasteiger partial charge is 0.0406 e. The summed E-state index contributed by atoms with van der Waals surface area (Å²) in [5, 5.41) is 4.52. The molecule has 1 fully saturated rings. The predicted molar refractivity (Wildman–Crippen MR) is 97.9 cm³/mol. The van der Waals surface area contributed by atoms with Crippen molar-refractivity contribution in [2.75, 3.05) is 19.6 Å². The number of halogens is 1. The van der Waals surface area contributed by atoms with E-state index in [4.69, 9.17) is 11.6 Å². The summed E-state index contributed by atoms with van der Waals surface area (Å²) in [6.45, 7) is 4.50. The van der Waals surface area contributed by atoms with Gasteiger partial charge in [0.25, 0.3) is 0 Å². The molecule has 0 amide bonds. The monoisotopic (exact) mass is 328 g/mol. The molecule has 0 aliphatic carbocycles. The van der Waals surface area contributed by atoms with Gasteiger partial charge in [-0.25, -0.2) is 0 Å². The van der Waals surface area contributed by atoms with Crippen molar-refractivity contribution in [2.45, 2.75) is 31.8 Å². The van der Waals surface area contributed by atoms with Gasteiger partial charge < -0.3 is 5.32 Å². The van der Waals surface area contributed by atoms with Gasteiger partial charge >= 0.3 is 0 Å². The molecule has 3 heteroatoms. The Labute approximate surface area is 144 Å². The van der Waals surface area contributed by atoms with E-state index >= 15 is 0 Å². The second-order valence-corrected chi connectivity index (χ2v) is 6.80. The van der Waals surface area contributed by atoms with Crippen LogP contribution in [-0.2, 0) is 13.0 Å². The minimum absolute atomic E-state index is 0.661. The van der Waals surface area contributed by atoms with Crippen LogP contribution in [0.2, 0.25) is 5.02 Å². The molecule has 3 rings (SSSR count). The number of hydrogen-bond acceptors (Lipinski definition) is 2. The highest BCUT2D eigenvalue weighted by molar-refractivity contribution is 6.30. The van der Waals surface area contributed by atoms with E-state index in [2.05, 4.69) is 52.7 Å². The average Bonchev–Trinajstić information content (AvgIpc) is 2.59. The first-order valence-corrected chi connectivity index (χ1v) is 8.91. The highest BCUT2D eigenvalue weighted by Gasteiger charge is 2.18. The third kappa shape index (κ3) is 5.35. The average molecular weight is 329 g/mol. The number of nitrogens with zero attached hydrogens (tertiary/aromatic N) is 1. The van der Waals surface area contributed by atoms with E-state index in [0.717, 1.165) is 24.5 Å². The molecule has 23 heavy (non-hydrogen) atoms. The van der Waals surface area contributed by atoms with Gasteiger partial charge in [-0.2, -0.15) is 0 Å². The normalized spacial score (nSPS) is 16.6. The fraction of sp³-hybridized carbons (Fsp3) is 0.400. The Morgan fingerprint density at radius 1 is 0.913 bits per heavy atom. The molecule has 122 valence electrons. The van der Waals surface area contributed by atoms with Gasteiger partial charge in [-0.15, -0.1) is 0 Å². The van der Waals surface area contributed by atoms with Gasteiger partial charge in [-0.05, 0) is 62.2 Å². The third-order valence-corrected chi connectivity index (χ3v) is 4.85. The topological polar surface area (TPSA) is 15.3 Å². The zero-order valence-electron chi connectivity index (χ0n) is 13.5. The van der Waals surface area contributed by atoms with E-state index < -0.39 is 0 Å². The Kier molecular flexibility index (Phi) is 6.09. The lowest BCUT2D eigenvalue weighted by molar-refractivity contribution is 0.191. The van der Waals surface area contributed by atoms with Crippen molar-refractivity contribution >= 4 is 11.6 Å². The molecule has 2 aromatic rings. The molecule has 0 spiro atoms. The summed E-state index contributed by atoms with van der Waals surface area (Å²) >= 11 is 5.92. The summed E-state index contributed by atoms with van der Waals surface area (Å²) in [6.07, 6.45) is 3.56. The standard InChI is InChI=1S/C20H25ClN2/c21-19-8-6-17(7-9-19)10-13-22-20-11-14-23(15-12-20)16-18-4-2-1-3-5-18/h1-9,20,22H,10-16H2. The van der Waals surface area contributed by atoms with Crippen LogP contribution in [0.3, 0.4) is 0 Å². The number of hydrogen-bond donors (Lipinski definition) is 1. The van der Waals surface area contributed by atoms with Gasteiger partial charge in [-0.3, -0.25) is 4.90 Å². The fourth-order valence-corrected chi connectivity index (χ4v) is 3.33. The van der Waals surface area contributed by atoms with Crippen molar-refractivity contribution in [3.63, 3.8) is 0 Å². The number of nitrogens with one attached hydrogen (secondary N) is 1. The quantitative estimate of drug-likeness (QED) is 0.857. The first-order valence-electron chi connectivity index (χ1n) is 8.54. The van der Waals surface area contributed by atoms with Crippen LogP contribution in [-0.4, -0.2) is 30.6 Å². The van der Waals surface area contributed by atoms with Crippen LogP contribution in [0.15, 0.2) is 54.6 Å². The molecule has 0 atom stereocenters. The molecule has 1 aliphatic heterocycles. The van der Waals surface area contributed by atoms with Crippen molar-refractivity contribution in [2.24, 2.45) is 0 Å². The Morgan fingerprint density at radius 2 is 1.61 bits per heavy atom. The number of rotatable bonds is 6. The van der Waals surface area contributed by atoms with Crippen LogP contribution in [0.25, 0.3) is 0 Å². The van der Waals surface area contributed by atoms with E-state index in [1.807, 2.05) is 12.1 Å². The van der Waals surface area contributed by atoms with Crippen LogP contribution < -0.4 is 5.32 Å². The lowest BCUT2D eigenvalue weighted by Gasteiger charge is -2.32. The molecule has 0 unspecified atom stereocenters. The van der Waals surface area contributed by atoms with Crippen LogP contribution in [0.4, 0.5) is 0 Å². The predicted octanol–water partition coefficient (Wildman–Crippen LogP) is 4.14. The Balaban J connectivity index is 1.35. The first-order chi connectivity index (χ1) is 11.3. The first kappa shape index (κ1) is 16.5. The van der Waals surface area contributed by atoms with E-state index in [0.29, 0.717) is 6.04 Å². The lowest BCUT2D eigenvalue weighted by Crippen LogP contribution is -2.42. The van der Waals surface area contributed by atoms with Gasteiger partial charge in [0, 0.05) is 17.6 Å². The van der Waals surface area contributed by atoms with Gasteiger partial charge in [0.1, 0.15) is 0 Å². The van der Waals surface area contributed by atoms with Gasteiger partial charge in [0.05, 0.1) is 0 Å². The highest BCUT2D eigenvalue weighted by atomic mass is 35.5. The zero-order chi connectivity index (χ0) is 15.9. The molecular weight excluding hydrogens is 304 g/mol. The molecule has 1 aliphatic rings. The maximum atomic E-state index is 5.92. The second-order valence-electron chi connectivity index (χ2n) is 6.37. The van der Waals surface area contributed by atoms with Gasteiger partial charge in [-0.1, -0.05) is 54.1 Å². The molecule has 0 bridgehead atoms. The second kappa shape index (κ2) is 8.49. The van der Waals surface area contributed by atoms with E-state index in [1.54, 1.807) is 0 Å². The van der Waals surface area contributed by atoms with E-state index in [1.165, 1.54) is 37.1 Å². The van der Waals surface area contributed by atoms with Crippen LogP contribution in [0.1, 0.15) is 24.0 Å². The summed E-state index contributed by atoms with van der Waals surface area (Å²) in [4.78, 5) is 2.56. The van der Waals surface area contributed by atoms with Gasteiger partial charge in [0.15, 0.2) is 0 Å². The maximum absolute atomic E-state index is 5.92. The minimum Gasteiger partial charge on any atom is -0.314 e. The van der Waals surface area contributed by atoms with Gasteiger partial charge in [0.2, 0.25) is 0 Å². The summed E-state index contributed by atoms with van der Waals surface area (Å²) in [7, 11) is 0. The van der Waals surface area contributed by atoms with E-state index in [-0.39, 0.29) is 0 Å². The maximum Gasteiger partial charge on any atom is 0.0406 e. The fourth-order valence-electron chi connectivity index (χ4n) is 3.21. The van der Waals surface area contributed by atoms with Crippen molar-refractivity contribution in [3.05, 3.63) is 70.7 Å². The largest absolute Gasteiger partial charge is 0.314 e. The Morgan fingerprint density at radius 3 is 2.30 bits per heavy atom. The number of likely N-dealkylation sites (tertiary alicyclic amines) is 1.